The molecule has 19 heavy (non-hydrogen) atoms. The number of nitrogens with zero attached hydrogens (tertiary/aromatic N) is 1. The first kappa shape index (κ1) is 13.2. The fraction of sp³-hybridized carbons (Fsp3) is 0.385. The highest BCUT2D eigenvalue weighted by Crippen LogP contribution is 2.14. The summed E-state index contributed by atoms with van der Waals surface area (Å²) in [4.78, 5) is 23.7. The Morgan fingerprint density at radius 1 is 1.37 bits per heavy atom. The van der Waals surface area contributed by atoms with Gasteiger partial charge in [0, 0.05) is 0 Å². The molecule has 1 aromatic carbocycles. The minimum Gasteiger partial charge on any atom is -0.473 e. The number of benzene rings is 1. The van der Waals surface area contributed by atoms with Gasteiger partial charge in [0.2, 0.25) is 0 Å². The molecule has 2 rings (SSSR count). The van der Waals surface area contributed by atoms with Gasteiger partial charge >= 0.3 is 12.1 Å². The molecule has 1 saturated heterocycles. The van der Waals surface area contributed by atoms with Crippen molar-refractivity contribution < 1.29 is 23.8 Å². The lowest BCUT2D eigenvalue weighted by atomic mass is 10.1. The number of hydrogen-bond acceptors (Lipinski definition) is 5. The Kier molecular flexibility index (Phi) is 4.22. The van der Waals surface area contributed by atoms with E-state index in [0.717, 1.165) is 5.56 Å². The predicted molar refractivity (Wildman–Crippen MR) is 65.7 cm³/mol. The maximum Gasteiger partial charge on any atom is 0.412 e. The molecule has 0 radical (unpaired) electrons. The van der Waals surface area contributed by atoms with E-state index in [1.54, 1.807) is 24.3 Å². The summed E-state index contributed by atoms with van der Waals surface area (Å²) in [5.41, 5.74) is 0.847. The summed E-state index contributed by atoms with van der Waals surface area (Å²) >= 11 is 0. The molecule has 0 bridgehead atoms. The first-order valence-electron chi connectivity index (χ1n) is 5.89. The van der Waals surface area contributed by atoms with Crippen molar-refractivity contribution in [3.8, 4) is 5.75 Å². The lowest BCUT2D eigenvalue weighted by Crippen LogP contribution is -2.28. The highest BCUT2D eigenvalue weighted by molar-refractivity contribution is 5.72. The highest BCUT2D eigenvalue weighted by Gasteiger charge is 2.21. The van der Waals surface area contributed by atoms with E-state index in [-0.39, 0.29) is 25.2 Å². The van der Waals surface area contributed by atoms with Gasteiger partial charge in [0.25, 0.3) is 0 Å². The SMILES string of the molecule is COC(=O)Cc1ccc(OCN2CCOC2=O)cc1. The number of carbonyl (C=O) groups excluding carboxylic acids is 2. The van der Waals surface area contributed by atoms with Gasteiger partial charge in [-0.25, -0.2) is 4.79 Å². The van der Waals surface area contributed by atoms with Gasteiger partial charge in [-0.05, 0) is 17.7 Å². The quantitative estimate of drug-likeness (QED) is 0.748. The van der Waals surface area contributed by atoms with Crippen LogP contribution in [0.15, 0.2) is 24.3 Å². The summed E-state index contributed by atoms with van der Waals surface area (Å²) in [6.45, 7) is 1.11. The minimum atomic E-state index is -0.359. The van der Waals surface area contributed by atoms with Crippen LogP contribution in [0, 0.1) is 0 Å². The number of esters is 1. The van der Waals surface area contributed by atoms with Crippen LogP contribution in [0.2, 0.25) is 0 Å². The molecule has 102 valence electrons. The second-order valence-electron chi connectivity index (χ2n) is 4.05. The van der Waals surface area contributed by atoms with Gasteiger partial charge in [-0.3, -0.25) is 9.69 Å². The van der Waals surface area contributed by atoms with E-state index in [1.165, 1.54) is 12.0 Å². The van der Waals surface area contributed by atoms with E-state index in [2.05, 4.69) is 4.74 Å². The Morgan fingerprint density at radius 3 is 2.68 bits per heavy atom. The number of amides is 1. The second-order valence-corrected chi connectivity index (χ2v) is 4.05. The molecule has 1 amide bonds. The first-order valence-corrected chi connectivity index (χ1v) is 5.89. The van der Waals surface area contributed by atoms with Crippen molar-refractivity contribution in [1.82, 2.24) is 4.90 Å². The summed E-state index contributed by atoms with van der Waals surface area (Å²) in [6.07, 6.45) is -0.128. The lowest BCUT2D eigenvalue weighted by Gasteiger charge is -2.13. The summed E-state index contributed by atoms with van der Waals surface area (Å²) in [5, 5.41) is 0. The van der Waals surface area contributed by atoms with E-state index in [1.807, 2.05) is 0 Å². The molecule has 0 spiro atoms. The lowest BCUT2D eigenvalue weighted by molar-refractivity contribution is -0.139. The van der Waals surface area contributed by atoms with Crippen molar-refractivity contribution >= 4 is 12.1 Å². The van der Waals surface area contributed by atoms with Gasteiger partial charge in [0.15, 0.2) is 6.73 Å². The molecule has 0 saturated carbocycles. The predicted octanol–water partition coefficient (Wildman–Crippen LogP) is 1.19. The van der Waals surface area contributed by atoms with Crippen LogP contribution in [-0.2, 0) is 20.7 Å². The molecule has 1 aromatic rings. The van der Waals surface area contributed by atoms with Crippen LogP contribution < -0.4 is 4.74 Å². The highest BCUT2D eigenvalue weighted by atomic mass is 16.6. The smallest absolute Gasteiger partial charge is 0.412 e. The zero-order valence-corrected chi connectivity index (χ0v) is 10.6. The minimum absolute atomic E-state index is 0.162. The van der Waals surface area contributed by atoms with Gasteiger partial charge in [-0.1, -0.05) is 12.1 Å². The molecule has 0 aliphatic carbocycles. The van der Waals surface area contributed by atoms with E-state index in [9.17, 15) is 9.59 Å². The number of methoxy groups -OCH3 is 1. The zero-order valence-electron chi connectivity index (χ0n) is 10.6. The van der Waals surface area contributed by atoms with Crippen molar-refractivity contribution in [2.75, 3.05) is 27.0 Å². The van der Waals surface area contributed by atoms with Crippen LogP contribution >= 0.6 is 0 Å². The Balaban J connectivity index is 1.84. The van der Waals surface area contributed by atoms with E-state index >= 15 is 0 Å². The molecule has 0 atom stereocenters. The number of carbonyl (C=O) groups is 2. The van der Waals surface area contributed by atoms with Crippen molar-refractivity contribution in [2.45, 2.75) is 6.42 Å². The number of ether oxygens (including phenoxy) is 3. The van der Waals surface area contributed by atoms with Gasteiger partial charge < -0.3 is 14.2 Å². The van der Waals surface area contributed by atoms with Crippen LogP contribution in [0.4, 0.5) is 4.79 Å². The zero-order chi connectivity index (χ0) is 13.7. The monoisotopic (exact) mass is 265 g/mol. The van der Waals surface area contributed by atoms with E-state index in [4.69, 9.17) is 9.47 Å². The molecule has 1 heterocycles. The van der Waals surface area contributed by atoms with Crippen LogP contribution in [0.5, 0.6) is 5.75 Å². The Labute approximate surface area is 110 Å². The average molecular weight is 265 g/mol. The Bertz CT molecular complexity index is 457. The number of cyclic esters (lactones) is 1. The third-order valence-electron chi connectivity index (χ3n) is 2.73. The summed E-state index contributed by atoms with van der Waals surface area (Å²) < 4.78 is 14.8. The van der Waals surface area contributed by atoms with Crippen LogP contribution in [0.25, 0.3) is 0 Å². The summed E-state index contributed by atoms with van der Waals surface area (Å²) in [7, 11) is 1.36. The average Bonchev–Trinajstić information content (AvgIpc) is 2.83. The topological polar surface area (TPSA) is 65.1 Å². The first-order chi connectivity index (χ1) is 9.19. The van der Waals surface area contributed by atoms with Crippen molar-refractivity contribution in [3.05, 3.63) is 29.8 Å². The fourth-order valence-corrected chi connectivity index (χ4v) is 1.64. The Morgan fingerprint density at radius 2 is 2.11 bits per heavy atom. The third-order valence-corrected chi connectivity index (χ3v) is 2.73. The largest absolute Gasteiger partial charge is 0.473 e. The number of hydrogen-bond donors (Lipinski definition) is 0. The normalized spacial score (nSPS) is 14.2. The van der Waals surface area contributed by atoms with Crippen molar-refractivity contribution in [2.24, 2.45) is 0 Å². The second kappa shape index (κ2) is 6.08. The molecule has 0 N–H and O–H groups in total. The maximum absolute atomic E-state index is 11.2. The van der Waals surface area contributed by atoms with Crippen molar-refractivity contribution in [3.63, 3.8) is 0 Å². The molecule has 1 aliphatic heterocycles. The van der Waals surface area contributed by atoms with E-state index < -0.39 is 0 Å². The molecular weight excluding hydrogens is 250 g/mol. The summed E-state index contributed by atoms with van der Waals surface area (Å²) in [6, 6.07) is 7.07. The van der Waals surface area contributed by atoms with Crippen LogP contribution in [-0.4, -0.2) is 44.0 Å². The van der Waals surface area contributed by atoms with Gasteiger partial charge in [0.05, 0.1) is 20.1 Å². The standard InChI is InChI=1S/C13H15NO5/c1-17-12(15)8-10-2-4-11(5-3-10)19-9-14-6-7-18-13(14)16/h2-5H,6-9H2,1H3. The molecule has 1 aliphatic rings. The molecular formula is C13H15NO5. The van der Waals surface area contributed by atoms with Gasteiger partial charge in [-0.2, -0.15) is 0 Å². The van der Waals surface area contributed by atoms with Gasteiger partial charge in [-0.15, -0.1) is 0 Å². The molecule has 1 fully saturated rings. The molecule has 6 heteroatoms. The van der Waals surface area contributed by atoms with Gasteiger partial charge in [0.1, 0.15) is 12.4 Å². The van der Waals surface area contributed by atoms with Crippen molar-refractivity contribution in [1.29, 1.82) is 0 Å². The third kappa shape index (κ3) is 3.61. The Hall–Kier alpha value is -2.24. The fourth-order valence-electron chi connectivity index (χ4n) is 1.64. The maximum atomic E-state index is 11.2. The molecule has 6 nitrogen and oxygen atoms in total. The van der Waals surface area contributed by atoms with Crippen LogP contribution in [0.3, 0.4) is 0 Å². The van der Waals surface area contributed by atoms with Crippen LogP contribution in [0.1, 0.15) is 5.56 Å². The number of rotatable bonds is 5. The molecule has 0 unspecified atom stereocenters. The summed E-state index contributed by atoms with van der Waals surface area (Å²) in [5.74, 6) is 0.349. The van der Waals surface area contributed by atoms with E-state index in [0.29, 0.717) is 18.9 Å². The molecule has 0 aromatic heterocycles.